The molecule has 82 valence electrons. The molecule has 0 aliphatic rings. The molecule has 0 spiro atoms. The second-order valence-electron chi connectivity index (χ2n) is 3.25. The quantitative estimate of drug-likeness (QED) is 0.813. The Morgan fingerprint density at radius 1 is 1.53 bits per heavy atom. The topological polar surface area (TPSA) is 49.3 Å². The van der Waals surface area contributed by atoms with E-state index in [0.717, 1.165) is 6.42 Å². The molecule has 0 saturated carbocycles. The second-order valence-corrected chi connectivity index (χ2v) is 3.65. The molecule has 1 unspecified atom stereocenters. The lowest BCUT2D eigenvalue weighted by Gasteiger charge is -2.15. The molecule has 0 aliphatic carbocycles. The average molecular weight is 228 g/mol. The van der Waals surface area contributed by atoms with E-state index in [1.165, 1.54) is 0 Å². The molecule has 0 aromatic heterocycles. The van der Waals surface area contributed by atoms with Crippen LogP contribution >= 0.6 is 11.6 Å². The number of hydrogen-bond donors (Lipinski definition) is 2. The van der Waals surface area contributed by atoms with Gasteiger partial charge in [0.05, 0.1) is 0 Å². The van der Waals surface area contributed by atoms with E-state index in [1.54, 1.807) is 24.3 Å². The molecule has 0 bridgehead atoms. The van der Waals surface area contributed by atoms with Gasteiger partial charge in [-0.1, -0.05) is 36.7 Å². The summed E-state index contributed by atoms with van der Waals surface area (Å²) < 4.78 is 0. The number of nitrogens with one attached hydrogen (secondary N) is 1. The lowest BCUT2D eigenvalue weighted by Crippen LogP contribution is -2.29. The van der Waals surface area contributed by atoms with Gasteiger partial charge in [0, 0.05) is 5.02 Å². The molecule has 0 saturated heterocycles. The molecular formula is C11H14ClNO2. The van der Waals surface area contributed by atoms with Crippen molar-refractivity contribution in [3.8, 4) is 0 Å². The molecule has 15 heavy (non-hydrogen) atoms. The smallest absolute Gasteiger partial charge is 0.325 e. The van der Waals surface area contributed by atoms with Gasteiger partial charge in [-0.25, -0.2) is 0 Å². The Morgan fingerprint density at radius 3 is 2.73 bits per heavy atom. The Hall–Kier alpha value is -1.06. The maximum Gasteiger partial charge on any atom is 0.325 e. The standard InChI is InChI=1S/C11H14ClNO2/c1-2-7-13-10(11(14)15)8-5-3-4-6-9(8)12/h3-6,10,13H,2,7H2,1H3,(H,14,15). The SMILES string of the molecule is CCCNC(C(=O)O)c1ccccc1Cl. The second kappa shape index (κ2) is 5.73. The first-order valence-electron chi connectivity index (χ1n) is 4.87. The van der Waals surface area contributed by atoms with E-state index in [1.807, 2.05) is 6.92 Å². The van der Waals surface area contributed by atoms with Crippen LogP contribution in [0, 0.1) is 0 Å². The third-order valence-electron chi connectivity index (χ3n) is 2.06. The summed E-state index contributed by atoms with van der Waals surface area (Å²) in [6.07, 6.45) is 0.883. The fraction of sp³-hybridized carbons (Fsp3) is 0.364. The molecule has 0 fully saturated rings. The predicted molar refractivity (Wildman–Crippen MR) is 60.1 cm³/mol. The number of benzene rings is 1. The first kappa shape index (κ1) is 12.0. The fourth-order valence-electron chi connectivity index (χ4n) is 1.33. The molecule has 1 aromatic carbocycles. The number of carboxylic acids is 1. The highest BCUT2D eigenvalue weighted by Gasteiger charge is 2.20. The van der Waals surface area contributed by atoms with Crippen LogP contribution in [0.4, 0.5) is 0 Å². The van der Waals surface area contributed by atoms with Gasteiger partial charge in [-0.2, -0.15) is 0 Å². The van der Waals surface area contributed by atoms with Crippen LogP contribution < -0.4 is 5.32 Å². The van der Waals surface area contributed by atoms with Crippen molar-refractivity contribution in [2.45, 2.75) is 19.4 Å². The number of aliphatic carboxylic acids is 1. The van der Waals surface area contributed by atoms with Gasteiger partial charge >= 0.3 is 5.97 Å². The van der Waals surface area contributed by atoms with Crippen molar-refractivity contribution in [2.24, 2.45) is 0 Å². The predicted octanol–water partition coefficient (Wildman–Crippen LogP) is 2.47. The zero-order valence-corrected chi connectivity index (χ0v) is 9.29. The van der Waals surface area contributed by atoms with Gasteiger partial charge in [-0.15, -0.1) is 0 Å². The summed E-state index contributed by atoms with van der Waals surface area (Å²) in [6.45, 7) is 2.64. The molecule has 2 N–H and O–H groups in total. The highest BCUT2D eigenvalue weighted by atomic mass is 35.5. The summed E-state index contributed by atoms with van der Waals surface area (Å²) in [5.74, 6) is -0.906. The molecule has 0 radical (unpaired) electrons. The minimum atomic E-state index is -0.906. The van der Waals surface area contributed by atoms with E-state index >= 15 is 0 Å². The largest absolute Gasteiger partial charge is 0.480 e. The lowest BCUT2D eigenvalue weighted by atomic mass is 10.1. The molecule has 0 heterocycles. The Labute approximate surface area is 94.1 Å². The maximum atomic E-state index is 11.0. The lowest BCUT2D eigenvalue weighted by molar-refractivity contribution is -0.139. The van der Waals surface area contributed by atoms with E-state index in [-0.39, 0.29) is 0 Å². The van der Waals surface area contributed by atoms with Crippen molar-refractivity contribution < 1.29 is 9.90 Å². The van der Waals surface area contributed by atoms with E-state index in [0.29, 0.717) is 17.1 Å². The summed E-state index contributed by atoms with van der Waals surface area (Å²) in [6, 6.07) is 6.26. The third kappa shape index (κ3) is 3.22. The normalized spacial score (nSPS) is 12.4. The van der Waals surface area contributed by atoms with Gasteiger partial charge in [-0.05, 0) is 24.6 Å². The van der Waals surface area contributed by atoms with Gasteiger partial charge in [0.1, 0.15) is 6.04 Å². The van der Waals surface area contributed by atoms with E-state index in [2.05, 4.69) is 5.32 Å². The Bertz CT molecular complexity index is 341. The molecule has 0 aliphatic heterocycles. The highest BCUT2D eigenvalue weighted by molar-refractivity contribution is 6.31. The summed E-state index contributed by atoms with van der Waals surface area (Å²) >= 11 is 5.94. The van der Waals surface area contributed by atoms with Crippen LogP contribution in [0.25, 0.3) is 0 Å². The average Bonchev–Trinajstić information content (AvgIpc) is 2.20. The van der Waals surface area contributed by atoms with E-state index in [9.17, 15) is 4.79 Å². The van der Waals surface area contributed by atoms with Crippen LogP contribution in [0.1, 0.15) is 24.9 Å². The van der Waals surface area contributed by atoms with E-state index in [4.69, 9.17) is 16.7 Å². The van der Waals surface area contributed by atoms with Crippen molar-refractivity contribution in [3.05, 3.63) is 34.9 Å². The summed E-state index contributed by atoms with van der Waals surface area (Å²) in [5.41, 5.74) is 0.611. The number of carbonyl (C=O) groups is 1. The van der Waals surface area contributed by atoms with Crippen LogP contribution in [-0.2, 0) is 4.79 Å². The number of rotatable bonds is 5. The molecular weight excluding hydrogens is 214 g/mol. The van der Waals surface area contributed by atoms with Crippen molar-refractivity contribution >= 4 is 17.6 Å². The molecule has 1 rings (SSSR count). The van der Waals surface area contributed by atoms with Gasteiger partial charge in [0.2, 0.25) is 0 Å². The Balaban J connectivity index is 2.89. The molecule has 3 nitrogen and oxygen atoms in total. The van der Waals surface area contributed by atoms with Crippen LogP contribution in [0.2, 0.25) is 5.02 Å². The zero-order valence-electron chi connectivity index (χ0n) is 8.53. The minimum absolute atomic E-state index is 0.480. The zero-order chi connectivity index (χ0) is 11.3. The Morgan fingerprint density at radius 2 is 2.20 bits per heavy atom. The van der Waals surface area contributed by atoms with Crippen molar-refractivity contribution in [1.29, 1.82) is 0 Å². The number of halogens is 1. The van der Waals surface area contributed by atoms with Gasteiger partial charge in [0.25, 0.3) is 0 Å². The highest BCUT2D eigenvalue weighted by Crippen LogP contribution is 2.22. The third-order valence-corrected chi connectivity index (χ3v) is 2.41. The van der Waals surface area contributed by atoms with Crippen LogP contribution in [-0.4, -0.2) is 17.6 Å². The van der Waals surface area contributed by atoms with Crippen molar-refractivity contribution in [1.82, 2.24) is 5.32 Å². The maximum absolute atomic E-state index is 11.0. The van der Waals surface area contributed by atoms with Gasteiger partial charge < -0.3 is 10.4 Å². The van der Waals surface area contributed by atoms with Crippen LogP contribution in [0.15, 0.2) is 24.3 Å². The van der Waals surface area contributed by atoms with Crippen LogP contribution in [0.5, 0.6) is 0 Å². The number of hydrogen-bond acceptors (Lipinski definition) is 2. The minimum Gasteiger partial charge on any atom is -0.480 e. The molecule has 4 heteroatoms. The molecule has 1 atom stereocenters. The molecule has 1 aromatic rings. The summed E-state index contributed by atoms with van der Waals surface area (Å²) in [4.78, 5) is 11.0. The van der Waals surface area contributed by atoms with Crippen molar-refractivity contribution in [2.75, 3.05) is 6.54 Å². The summed E-state index contributed by atoms with van der Waals surface area (Å²) in [7, 11) is 0. The van der Waals surface area contributed by atoms with Gasteiger partial charge in [0.15, 0.2) is 0 Å². The first-order valence-corrected chi connectivity index (χ1v) is 5.25. The number of carboxylic acid groups (broad SMARTS) is 1. The first-order chi connectivity index (χ1) is 7.16. The van der Waals surface area contributed by atoms with E-state index < -0.39 is 12.0 Å². The summed E-state index contributed by atoms with van der Waals surface area (Å²) in [5, 5.41) is 12.5. The fourth-order valence-corrected chi connectivity index (χ4v) is 1.57. The van der Waals surface area contributed by atoms with Gasteiger partial charge in [-0.3, -0.25) is 4.79 Å². The molecule has 0 amide bonds. The monoisotopic (exact) mass is 227 g/mol. The van der Waals surface area contributed by atoms with Crippen LogP contribution in [0.3, 0.4) is 0 Å². The van der Waals surface area contributed by atoms with Crippen molar-refractivity contribution in [3.63, 3.8) is 0 Å². The Kier molecular flexibility index (Phi) is 4.59.